The summed E-state index contributed by atoms with van der Waals surface area (Å²) in [5.41, 5.74) is 2.32. The Morgan fingerprint density at radius 1 is 0.893 bits per heavy atom. The van der Waals surface area contributed by atoms with Crippen LogP contribution in [0, 0.1) is 0 Å². The molecule has 1 aromatic heterocycles. The van der Waals surface area contributed by atoms with Crippen molar-refractivity contribution in [1.29, 1.82) is 0 Å². The summed E-state index contributed by atoms with van der Waals surface area (Å²) in [6.45, 7) is -0.0974. The lowest BCUT2D eigenvalue weighted by molar-refractivity contribution is -0.118. The second-order valence-electron chi connectivity index (χ2n) is 6.02. The minimum Gasteiger partial charge on any atom is -0.484 e. The lowest BCUT2D eigenvalue weighted by Gasteiger charge is -2.08. The number of nitrogens with zero attached hydrogens (tertiary/aromatic N) is 2. The Labute approximate surface area is 161 Å². The summed E-state index contributed by atoms with van der Waals surface area (Å²) < 4.78 is 10.9. The molecule has 1 amide bonds. The summed E-state index contributed by atoms with van der Waals surface area (Å²) in [4.78, 5) is 16.5. The van der Waals surface area contributed by atoms with E-state index in [4.69, 9.17) is 9.26 Å². The van der Waals surface area contributed by atoms with Gasteiger partial charge in [-0.05, 0) is 36.4 Å². The lowest BCUT2D eigenvalue weighted by Crippen LogP contribution is -2.20. The van der Waals surface area contributed by atoms with Crippen LogP contribution in [0.3, 0.4) is 0 Å². The van der Waals surface area contributed by atoms with Crippen molar-refractivity contribution in [2.45, 2.75) is 0 Å². The molecule has 0 fully saturated rings. The first-order valence-corrected chi connectivity index (χ1v) is 8.75. The van der Waals surface area contributed by atoms with Crippen LogP contribution in [-0.4, -0.2) is 22.7 Å². The number of hydrogen-bond acceptors (Lipinski definition) is 5. The largest absolute Gasteiger partial charge is 0.484 e. The standard InChI is InChI=1S/C22H17N3O3/c26-20(23-18-11-5-2-6-12-18)15-27-19-13-7-10-17(14-19)21-24-22(28-25-21)16-8-3-1-4-9-16/h1-14H,15H2,(H,23,26). The Kier molecular flexibility index (Phi) is 5.11. The molecule has 0 unspecified atom stereocenters. The first-order chi connectivity index (χ1) is 13.8. The third-order valence-electron chi connectivity index (χ3n) is 3.97. The third kappa shape index (κ3) is 4.24. The average Bonchev–Trinajstić information content (AvgIpc) is 3.24. The molecule has 6 heteroatoms. The predicted molar refractivity (Wildman–Crippen MR) is 106 cm³/mol. The number of hydrogen-bond donors (Lipinski definition) is 1. The minimum atomic E-state index is -0.234. The van der Waals surface area contributed by atoms with Crippen LogP contribution in [0.1, 0.15) is 0 Å². The SMILES string of the molecule is O=C(COc1cccc(-c2noc(-c3ccccc3)n2)c1)Nc1ccccc1. The lowest BCUT2D eigenvalue weighted by atomic mass is 10.2. The topological polar surface area (TPSA) is 77.2 Å². The Balaban J connectivity index is 1.42. The molecule has 0 aliphatic rings. The number of amides is 1. The molecule has 1 heterocycles. The maximum Gasteiger partial charge on any atom is 0.262 e. The number of benzene rings is 3. The average molecular weight is 371 g/mol. The van der Waals surface area contributed by atoms with Crippen LogP contribution in [0.15, 0.2) is 89.5 Å². The first kappa shape index (κ1) is 17.5. The van der Waals surface area contributed by atoms with Crippen molar-refractivity contribution in [2.24, 2.45) is 0 Å². The number of rotatable bonds is 6. The molecular formula is C22H17N3O3. The van der Waals surface area contributed by atoms with Crippen LogP contribution in [0.4, 0.5) is 5.69 Å². The number of carbonyl (C=O) groups is 1. The van der Waals surface area contributed by atoms with Gasteiger partial charge in [-0.25, -0.2) is 0 Å². The molecule has 4 aromatic rings. The fourth-order valence-electron chi connectivity index (χ4n) is 2.63. The maximum absolute atomic E-state index is 12.0. The zero-order valence-corrected chi connectivity index (χ0v) is 14.9. The number of ether oxygens (including phenoxy) is 1. The molecule has 0 bridgehead atoms. The van der Waals surface area contributed by atoms with E-state index in [1.54, 1.807) is 12.1 Å². The van der Waals surface area contributed by atoms with Gasteiger partial charge in [-0.1, -0.05) is 53.7 Å². The molecule has 28 heavy (non-hydrogen) atoms. The zero-order valence-electron chi connectivity index (χ0n) is 14.9. The minimum absolute atomic E-state index is 0.0974. The highest BCUT2D eigenvalue weighted by molar-refractivity contribution is 5.91. The van der Waals surface area contributed by atoms with Crippen LogP contribution < -0.4 is 10.1 Å². The van der Waals surface area contributed by atoms with Crippen molar-refractivity contribution in [3.63, 3.8) is 0 Å². The summed E-state index contributed by atoms with van der Waals surface area (Å²) in [5, 5.41) is 6.81. The van der Waals surface area contributed by atoms with Crippen LogP contribution in [-0.2, 0) is 4.79 Å². The predicted octanol–water partition coefficient (Wildman–Crippen LogP) is 4.42. The van der Waals surface area contributed by atoms with Gasteiger partial charge in [0, 0.05) is 16.8 Å². The van der Waals surface area contributed by atoms with Gasteiger partial charge in [-0.2, -0.15) is 4.98 Å². The summed E-state index contributed by atoms with van der Waals surface area (Å²) in [7, 11) is 0. The van der Waals surface area contributed by atoms with E-state index in [0.717, 1.165) is 16.8 Å². The second-order valence-corrected chi connectivity index (χ2v) is 6.02. The van der Waals surface area contributed by atoms with Gasteiger partial charge in [0.05, 0.1) is 0 Å². The molecule has 0 saturated carbocycles. The van der Waals surface area contributed by atoms with E-state index < -0.39 is 0 Å². The highest BCUT2D eigenvalue weighted by atomic mass is 16.5. The van der Waals surface area contributed by atoms with Gasteiger partial charge in [-0.3, -0.25) is 4.79 Å². The molecular weight excluding hydrogens is 354 g/mol. The normalized spacial score (nSPS) is 10.4. The third-order valence-corrected chi connectivity index (χ3v) is 3.97. The van der Waals surface area contributed by atoms with Crippen molar-refractivity contribution in [3.8, 4) is 28.6 Å². The molecule has 0 aliphatic carbocycles. The van der Waals surface area contributed by atoms with Crippen molar-refractivity contribution in [3.05, 3.63) is 84.9 Å². The summed E-state index contributed by atoms with van der Waals surface area (Å²) in [6.07, 6.45) is 0. The highest BCUT2D eigenvalue weighted by Crippen LogP contribution is 2.24. The van der Waals surface area contributed by atoms with Crippen LogP contribution in [0.25, 0.3) is 22.8 Å². The van der Waals surface area contributed by atoms with Gasteiger partial charge in [0.2, 0.25) is 5.82 Å². The molecule has 1 N–H and O–H groups in total. The van der Waals surface area contributed by atoms with Gasteiger partial charge in [0.25, 0.3) is 11.8 Å². The molecule has 0 aliphatic heterocycles. The van der Waals surface area contributed by atoms with Crippen molar-refractivity contribution in [1.82, 2.24) is 10.1 Å². The van der Waals surface area contributed by atoms with E-state index >= 15 is 0 Å². The number of para-hydroxylation sites is 1. The van der Waals surface area contributed by atoms with E-state index in [1.165, 1.54) is 0 Å². The monoisotopic (exact) mass is 371 g/mol. The van der Waals surface area contributed by atoms with E-state index in [2.05, 4.69) is 15.5 Å². The van der Waals surface area contributed by atoms with Crippen LogP contribution in [0.2, 0.25) is 0 Å². The van der Waals surface area contributed by atoms with Gasteiger partial charge >= 0.3 is 0 Å². The number of aromatic nitrogens is 2. The Morgan fingerprint density at radius 3 is 2.39 bits per heavy atom. The molecule has 0 atom stereocenters. The second kappa shape index (κ2) is 8.18. The summed E-state index contributed by atoms with van der Waals surface area (Å²) in [6, 6.07) is 26.0. The van der Waals surface area contributed by atoms with E-state index in [1.807, 2.05) is 72.8 Å². The Hall–Kier alpha value is -3.93. The van der Waals surface area contributed by atoms with Crippen LogP contribution in [0.5, 0.6) is 5.75 Å². The molecule has 138 valence electrons. The Bertz CT molecular complexity index is 1060. The quantitative estimate of drug-likeness (QED) is 0.543. The van der Waals surface area contributed by atoms with Gasteiger partial charge in [0.15, 0.2) is 6.61 Å². The summed E-state index contributed by atoms with van der Waals surface area (Å²) >= 11 is 0. The van der Waals surface area contributed by atoms with E-state index in [-0.39, 0.29) is 12.5 Å². The molecule has 3 aromatic carbocycles. The fourth-order valence-corrected chi connectivity index (χ4v) is 2.63. The number of nitrogens with one attached hydrogen (secondary N) is 1. The van der Waals surface area contributed by atoms with Gasteiger partial charge in [0.1, 0.15) is 5.75 Å². The molecule has 0 spiro atoms. The smallest absolute Gasteiger partial charge is 0.262 e. The van der Waals surface area contributed by atoms with Crippen molar-refractivity contribution < 1.29 is 14.1 Å². The molecule has 0 radical (unpaired) electrons. The number of carbonyl (C=O) groups excluding carboxylic acids is 1. The van der Waals surface area contributed by atoms with E-state index in [9.17, 15) is 4.79 Å². The van der Waals surface area contributed by atoms with Gasteiger partial charge in [-0.15, -0.1) is 0 Å². The van der Waals surface area contributed by atoms with Crippen LogP contribution >= 0.6 is 0 Å². The van der Waals surface area contributed by atoms with Gasteiger partial charge < -0.3 is 14.6 Å². The molecule has 6 nitrogen and oxygen atoms in total. The zero-order chi connectivity index (χ0) is 19.2. The molecule has 4 rings (SSSR count). The van der Waals surface area contributed by atoms with Crippen molar-refractivity contribution in [2.75, 3.05) is 11.9 Å². The first-order valence-electron chi connectivity index (χ1n) is 8.75. The van der Waals surface area contributed by atoms with Crippen molar-refractivity contribution >= 4 is 11.6 Å². The maximum atomic E-state index is 12.0. The molecule has 0 saturated heterocycles. The summed E-state index contributed by atoms with van der Waals surface area (Å²) in [5.74, 6) is 1.22. The Morgan fingerprint density at radius 2 is 1.61 bits per heavy atom. The van der Waals surface area contributed by atoms with E-state index in [0.29, 0.717) is 17.5 Å². The highest BCUT2D eigenvalue weighted by Gasteiger charge is 2.11. The fraction of sp³-hybridized carbons (Fsp3) is 0.0455. The number of anilines is 1.